The SMILES string of the molecule is COC(=O)c1c(C)oc(NC(=O)/C(C#N)=C/c2ccccc2)c1C#N. The number of carbonyl (C=O) groups excluding carboxylic acids is 2. The molecule has 0 bridgehead atoms. The Morgan fingerprint density at radius 2 is 1.92 bits per heavy atom. The molecule has 0 radical (unpaired) electrons. The topological polar surface area (TPSA) is 116 Å². The number of methoxy groups -OCH3 is 1. The first-order valence-corrected chi connectivity index (χ1v) is 7.11. The number of nitriles is 2. The largest absolute Gasteiger partial charge is 0.465 e. The number of nitrogens with zero attached hydrogens (tertiary/aromatic N) is 2. The van der Waals surface area contributed by atoms with Gasteiger partial charge in [-0.05, 0) is 18.6 Å². The Balaban J connectivity index is 2.35. The van der Waals surface area contributed by atoms with Gasteiger partial charge in [0.25, 0.3) is 5.91 Å². The second-order valence-corrected chi connectivity index (χ2v) is 4.88. The molecule has 0 spiro atoms. The fraction of sp³-hybridized carbons (Fsp3) is 0.111. The summed E-state index contributed by atoms with van der Waals surface area (Å²) < 4.78 is 9.88. The van der Waals surface area contributed by atoms with Gasteiger partial charge >= 0.3 is 5.97 Å². The van der Waals surface area contributed by atoms with Gasteiger partial charge in [-0.15, -0.1) is 0 Å². The Kier molecular flexibility index (Phi) is 5.34. The van der Waals surface area contributed by atoms with Crippen molar-refractivity contribution in [3.63, 3.8) is 0 Å². The average Bonchev–Trinajstić information content (AvgIpc) is 2.94. The molecule has 2 aromatic rings. The molecule has 0 saturated heterocycles. The fourth-order valence-corrected chi connectivity index (χ4v) is 2.12. The summed E-state index contributed by atoms with van der Waals surface area (Å²) in [4.78, 5) is 24.0. The van der Waals surface area contributed by atoms with E-state index in [0.717, 1.165) is 0 Å². The van der Waals surface area contributed by atoms with Gasteiger partial charge < -0.3 is 9.15 Å². The van der Waals surface area contributed by atoms with Crippen LogP contribution in [0.15, 0.2) is 40.3 Å². The van der Waals surface area contributed by atoms with E-state index in [0.29, 0.717) is 5.56 Å². The van der Waals surface area contributed by atoms with Crippen molar-refractivity contribution >= 4 is 23.8 Å². The van der Waals surface area contributed by atoms with E-state index < -0.39 is 11.9 Å². The first kappa shape index (κ1) is 17.5. The van der Waals surface area contributed by atoms with Crippen molar-refractivity contribution in [2.24, 2.45) is 0 Å². The summed E-state index contributed by atoms with van der Waals surface area (Å²) >= 11 is 0. The van der Waals surface area contributed by atoms with Gasteiger partial charge in [-0.3, -0.25) is 10.1 Å². The van der Waals surface area contributed by atoms with Crippen molar-refractivity contribution < 1.29 is 18.7 Å². The second kappa shape index (κ2) is 7.62. The molecule has 1 N–H and O–H groups in total. The molecule has 1 aromatic heterocycles. The average molecular weight is 335 g/mol. The van der Waals surface area contributed by atoms with Gasteiger partial charge in [0.2, 0.25) is 5.88 Å². The lowest BCUT2D eigenvalue weighted by Gasteiger charge is -2.01. The van der Waals surface area contributed by atoms with E-state index in [1.54, 1.807) is 36.4 Å². The van der Waals surface area contributed by atoms with Crippen molar-refractivity contribution in [2.75, 3.05) is 12.4 Å². The van der Waals surface area contributed by atoms with E-state index in [1.165, 1.54) is 20.1 Å². The monoisotopic (exact) mass is 335 g/mol. The second-order valence-electron chi connectivity index (χ2n) is 4.88. The van der Waals surface area contributed by atoms with Gasteiger partial charge in [0.1, 0.15) is 34.6 Å². The Bertz CT molecular complexity index is 928. The summed E-state index contributed by atoms with van der Waals surface area (Å²) in [5, 5.41) is 20.8. The molecule has 2 rings (SSSR count). The molecule has 7 nitrogen and oxygen atoms in total. The summed E-state index contributed by atoms with van der Waals surface area (Å²) in [5.41, 5.74) is 0.268. The molecular weight excluding hydrogens is 322 g/mol. The number of hydrogen-bond donors (Lipinski definition) is 1. The number of rotatable bonds is 4. The number of benzene rings is 1. The van der Waals surface area contributed by atoms with Crippen LogP contribution in [-0.2, 0) is 9.53 Å². The van der Waals surface area contributed by atoms with Gasteiger partial charge in [0, 0.05) is 0 Å². The van der Waals surface area contributed by atoms with Crippen molar-refractivity contribution in [1.82, 2.24) is 0 Å². The number of nitrogens with one attached hydrogen (secondary N) is 1. The van der Waals surface area contributed by atoms with Crippen LogP contribution >= 0.6 is 0 Å². The quantitative estimate of drug-likeness (QED) is 0.522. The number of ether oxygens (including phenoxy) is 1. The van der Waals surface area contributed by atoms with E-state index in [-0.39, 0.29) is 28.3 Å². The molecule has 1 heterocycles. The maximum Gasteiger partial charge on any atom is 0.342 e. The van der Waals surface area contributed by atoms with Crippen molar-refractivity contribution in [2.45, 2.75) is 6.92 Å². The Morgan fingerprint density at radius 3 is 2.48 bits per heavy atom. The molecule has 0 atom stereocenters. The van der Waals surface area contributed by atoms with E-state index in [9.17, 15) is 20.1 Å². The Morgan fingerprint density at radius 1 is 1.24 bits per heavy atom. The van der Waals surface area contributed by atoms with E-state index in [4.69, 9.17) is 4.42 Å². The van der Waals surface area contributed by atoms with Crippen LogP contribution in [0.2, 0.25) is 0 Å². The Hall–Kier alpha value is -3.84. The zero-order valence-electron chi connectivity index (χ0n) is 13.5. The molecule has 1 amide bonds. The lowest BCUT2D eigenvalue weighted by atomic mass is 10.1. The maximum absolute atomic E-state index is 12.3. The number of esters is 1. The highest BCUT2D eigenvalue weighted by atomic mass is 16.5. The van der Waals surface area contributed by atoms with Crippen LogP contribution < -0.4 is 5.32 Å². The third-order valence-corrected chi connectivity index (χ3v) is 3.29. The zero-order valence-corrected chi connectivity index (χ0v) is 13.5. The molecule has 0 aliphatic rings. The minimum Gasteiger partial charge on any atom is -0.465 e. The summed E-state index contributed by atoms with van der Waals surface area (Å²) in [5.74, 6) is -1.59. The first-order chi connectivity index (χ1) is 12.0. The minimum atomic E-state index is -0.756. The predicted octanol–water partition coefficient (Wildman–Crippen LogP) is 2.79. The summed E-state index contributed by atoms with van der Waals surface area (Å²) in [7, 11) is 1.17. The van der Waals surface area contributed by atoms with Crippen LogP contribution in [0.5, 0.6) is 0 Å². The molecule has 7 heteroatoms. The Labute approximate surface area is 143 Å². The molecular formula is C18H13N3O4. The van der Waals surface area contributed by atoms with Crippen LogP contribution in [0.4, 0.5) is 5.88 Å². The highest BCUT2D eigenvalue weighted by molar-refractivity contribution is 6.10. The molecule has 124 valence electrons. The molecule has 25 heavy (non-hydrogen) atoms. The third kappa shape index (κ3) is 3.74. The number of amides is 1. The normalized spacial score (nSPS) is 10.5. The van der Waals surface area contributed by atoms with Gasteiger partial charge in [0.15, 0.2) is 0 Å². The van der Waals surface area contributed by atoms with Gasteiger partial charge in [-0.2, -0.15) is 10.5 Å². The van der Waals surface area contributed by atoms with Crippen LogP contribution in [0.25, 0.3) is 6.08 Å². The van der Waals surface area contributed by atoms with Gasteiger partial charge in [-0.25, -0.2) is 4.79 Å². The van der Waals surface area contributed by atoms with E-state index in [2.05, 4.69) is 10.1 Å². The number of anilines is 1. The van der Waals surface area contributed by atoms with Crippen LogP contribution in [0, 0.1) is 29.6 Å². The highest BCUT2D eigenvalue weighted by Crippen LogP contribution is 2.27. The van der Waals surface area contributed by atoms with Gasteiger partial charge in [-0.1, -0.05) is 30.3 Å². The number of hydrogen-bond acceptors (Lipinski definition) is 6. The predicted molar refractivity (Wildman–Crippen MR) is 88.2 cm³/mol. The lowest BCUT2D eigenvalue weighted by Crippen LogP contribution is -2.14. The molecule has 0 unspecified atom stereocenters. The molecule has 0 aliphatic carbocycles. The smallest absolute Gasteiger partial charge is 0.342 e. The van der Waals surface area contributed by atoms with Crippen LogP contribution in [-0.4, -0.2) is 19.0 Å². The van der Waals surface area contributed by atoms with Crippen molar-refractivity contribution in [3.05, 3.63) is 58.4 Å². The van der Waals surface area contributed by atoms with E-state index in [1.807, 2.05) is 6.07 Å². The summed E-state index contributed by atoms with van der Waals surface area (Å²) in [6.07, 6.45) is 1.40. The molecule has 1 aromatic carbocycles. The molecule has 0 aliphatic heterocycles. The van der Waals surface area contributed by atoms with E-state index >= 15 is 0 Å². The minimum absolute atomic E-state index is 0.0640. The zero-order chi connectivity index (χ0) is 18.4. The molecule has 0 saturated carbocycles. The number of furan rings is 1. The number of aryl methyl sites for hydroxylation is 1. The first-order valence-electron chi connectivity index (χ1n) is 7.11. The fourth-order valence-electron chi connectivity index (χ4n) is 2.12. The molecule has 0 fully saturated rings. The standard InChI is InChI=1S/C18H13N3O4/c1-11-15(18(23)24-2)14(10-20)17(25-11)21-16(22)13(9-19)8-12-6-4-3-5-7-12/h3-8H,1-2H3,(H,21,22)/b13-8+. The van der Waals surface area contributed by atoms with Crippen LogP contribution in [0.3, 0.4) is 0 Å². The summed E-state index contributed by atoms with van der Waals surface area (Å²) in [6.45, 7) is 1.47. The maximum atomic E-state index is 12.3. The van der Waals surface area contributed by atoms with Crippen LogP contribution in [0.1, 0.15) is 27.2 Å². The highest BCUT2D eigenvalue weighted by Gasteiger charge is 2.26. The van der Waals surface area contributed by atoms with Gasteiger partial charge in [0.05, 0.1) is 7.11 Å². The lowest BCUT2D eigenvalue weighted by molar-refractivity contribution is -0.112. The van der Waals surface area contributed by atoms with Crippen molar-refractivity contribution in [1.29, 1.82) is 10.5 Å². The third-order valence-electron chi connectivity index (χ3n) is 3.29. The summed E-state index contributed by atoms with van der Waals surface area (Å²) in [6, 6.07) is 12.4. The number of carbonyl (C=O) groups is 2. The van der Waals surface area contributed by atoms with Crippen molar-refractivity contribution in [3.8, 4) is 12.1 Å².